The van der Waals surface area contributed by atoms with Crippen LogP contribution >= 0.6 is 0 Å². The molecule has 0 amide bonds. The predicted octanol–water partition coefficient (Wildman–Crippen LogP) is 2.80. The monoisotopic (exact) mass is 268 g/mol. The van der Waals surface area contributed by atoms with Gasteiger partial charge in [-0.3, -0.25) is 4.98 Å². The van der Waals surface area contributed by atoms with Gasteiger partial charge in [0, 0.05) is 18.2 Å². The minimum Gasteiger partial charge on any atom is -0.380 e. The van der Waals surface area contributed by atoms with Crippen molar-refractivity contribution in [2.24, 2.45) is 5.41 Å². The molecule has 1 unspecified atom stereocenters. The van der Waals surface area contributed by atoms with Gasteiger partial charge < -0.3 is 10.1 Å². The van der Waals surface area contributed by atoms with E-state index in [1.807, 2.05) is 24.4 Å². The summed E-state index contributed by atoms with van der Waals surface area (Å²) in [6.45, 7) is 4.86. The van der Waals surface area contributed by atoms with Crippen molar-refractivity contribution in [2.75, 3.05) is 19.8 Å². The van der Waals surface area contributed by atoms with Crippen LogP contribution < -0.4 is 5.32 Å². The van der Waals surface area contributed by atoms with Crippen LogP contribution in [0, 0.1) is 5.41 Å². The Kier molecular flexibility index (Phi) is 3.81. The normalized spacial score (nSPS) is 18.2. The highest BCUT2D eigenvalue weighted by Crippen LogP contribution is 2.28. The first kappa shape index (κ1) is 13.3. The van der Waals surface area contributed by atoms with Gasteiger partial charge in [0.2, 0.25) is 0 Å². The molecule has 1 aliphatic heterocycles. The van der Waals surface area contributed by atoms with Crippen LogP contribution in [-0.4, -0.2) is 24.7 Å². The molecule has 104 valence electrons. The van der Waals surface area contributed by atoms with Crippen molar-refractivity contribution >= 4 is 0 Å². The standard InChI is InChI=1S/C17H20N2O/c1-17(12-20-13-17)11-19-16(14-7-3-2-4-8-14)15-9-5-6-10-18-15/h2-10,16,19H,11-13H2,1H3. The smallest absolute Gasteiger partial charge is 0.0751 e. The van der Waals surface area contributed by atoms with E-state index >= 15 is 0 Å². The Morgan fingerprint density at radius 3 is 2.50 bits per heavy atom. The molecule has 2 heterocycles. The van der Waals surface area contributed by atoms with E-state index in [0.29, 0.717) is 0 Å². The number of aromatic nitrogens is 1. The van der Waals surface area contributed by atoms with Crippen LogP contribution in [0.5, 0.6) is 0 Å². The summed E-state index contributed by atoms with van der Waals surface area (Å²) in [5, 5.41) is 3.65. The first-order valence-electron chi connectivity index (χ1n) is 7.04. The average molecular weight is 268 g/mol. The fraction of sp³-hybridized carbons (Fsp3) is 0.353. The summed E-state index contributed by atoms with van der Waals surface area (Å²) in [6, 6.07) is 16.7. The maximum atomic E-state index is 5.33. The number of pyridine rings is 1. The maximum Gasteiger partial charge on any atom is 0.0751 e. The predicted molar refractivity (Wildman–Crippen MR) is 79.5 cm³/mol. The molecule has 0 spiro atoms. The van der Waals surface area contributed by atoms with E-state index in [-0.39, 0.29) is 11.5 Å². The van der Waals surface area contributed by atoms with Crippen molar-refractivity contribution < 1.29 is 4.74 Å². The lowest BCUT2D eigenvalue weighted by Crippen LogP contribution is -2.48. The summed E-state index contributed by atoms with van der Waals surface area (Å²) in [6.07, 6.45) is 1.85. The van der Waals surface area contributed by atoms with Gasteiger partial charge in [0.1, 0.15) is 0 Å². The molecule has 20 heavy (non-hydrogen) atoms. The van der Waals surface area contributed by atoms with Crippen molar-refractivity contribution in [1.29, 1.82) is 0 Å². The van der Waals surface area contributed by atoms with E-state index in [9.17, 15) is 0 Å². The Labute approximate surface area is 120 Å². The van der Waals surface area contributed by atoms with E-state index in [1.54, 1.807) is 0 Å². The number of ether oxygens (including phenoxy) is 1. The highest BCUT2D eigenvalue weighted by atomic mass is 16.5. The van der Waals surface area contributed by atoms with Gasteiger partial charge in [-0.05, 0) is 17.7 Å². The molecular weight excluding hydrogens is 248 g/mol. The first-order chi connectivity index (χ1) is 9.77. The minimum absolute atomic E-state index is 0.134. The quantitative estimate of drug-likeness (QED) is 0.905. The zero-order valence-corrected chi connectivity index (χ0v) is 11.8. The van der Waals surface area contributed by atoms with Gasteiger partial charge >= 0.3 is 0 Å². The summed E-state index contributed by atoms with van der Waals surface area (Å²) in [5.41, 5.74) is 2.56. The number of hydrogen-bond donors (Lipinski definition) is 1. The molecule has 1 N–H and O–H groups in total. The molecule has 2 aromatic rings. The lowest BCUT2D eigenvalue weighted by molar-refractivity contribution is -0.0997. The molecular formula is C17H20N2O. The Hall–Kier alpha value is -1.71. The summed E-state index contributed by atoms with van der Waals surface area (Å²) >= 11 is 0. The van der Waals surface area contributed by atoms with Gasteiger partial charge in [-0.25, -0.2) is 0 Å². The number of hydrogen-bond acceptors (Lipinski definition) is 3. The Balaban J connectivity index is 1.80. The van der Waals surface area contributed by atoms with Crippen molar-refractivity contribution in [3.8, 4) is 0 Å². The minimum atomic E-state index is 0.134. The summed E-state index contributed by atoms with van der Waals surface area (Å²) in [4.78, 5) is 4.51. The van der Waals surface area contributed by atoms with E-state index in [2.05, 4.69) is 47.6 Å². The van der Waals surface area contributed by atoms with Crippen LogP contribution in [0.2, 0.25) is 0 Å². The molecule has 1 fully saturated rings. The topological polar surface area (TPSA) is 34.2 Å². The lowest BCUT2D eigenvalue weighted by Gasteiger charge is -2.39. The van der Waals surface area contributed by atoms with Crippen LogP contribution in [0.4, 0.5) is 0 Å². The van der Waals surface area contributed by atoms with Gasteiger partial charge in [-0.15, -0.1) is 0 Å². The van der Waals surface area contributed by atoms with E-state index in [1.165, 1.54) is 5.56 Å². The zero-order chi connectivity index (χ0) is 13.8. The fourth-order valence-electron chi connectivity index (χ4n) is 2.49. The second kappa shape index (κ2) is 5.73. The Morgan fingerprint density at radius 2 is 1.90 bits per heavy atom. The molecule has 0 bridgehead atoms. The molecule has 1 atom stereocenters. The number of nitrogens with one attached hydrogen (secondary N) is 1. The highest BCUT2D eigenvalue weighted by molar-refractivity contribution is 5.27. The van der Waals surface area contributed by atoms with Crippen LogP contribution in [0.15, 0.2) is 54.7 Å². The van der Waals surface area contributed by atoms with Gasteiger partial charge in [-0.1, -0.05) is 43.3 Å². The van der Waals surface area contributed by atoms with E-state index < -0.39 is 0 Å². The first-order valence-corrected chi connectivity index (χ1v) is 7.04. The molecule has 1 aromatic carbocycles. The van der Waals surface area contributed by atoms with Crippen molar-refractivity contribution in [1.82, 2.24) is 10.3 Å². The molecule has 3 rings (SSSR count). The van der Waals surface area contributed by atoms with Gasteiger partial charge in [0.15, 0.2) is 0 Å². The maximum absolute atomic E-state index is 5.33. The fourth-order valence-corrected chi connectivity index (χ4v) is 2.49. The average Bonchev–Trinajstić information content (AvgIpc) is 2.48. The van der Waals surface area contributed by atoms with E-state index in [4.69, 9.17) is 4.74 Å². The number of benzene rings is 1. The summed E-state index contributed by atoms with van der Waals surface area (Å²) in [7, 11) is 0. The zero-order valence-electron chi connectivity index (χ0n) is 11.8. The largest absolute Gasteiger partial charge is 0.380 e. The van der Waals surface area contributed by atoms with Crippen LogP contribution in [0.25, 0.3) is 0 Å². The summed E-state index contributed by atoms with van der Waals surface area (Å²) in [5.74, 6) is 0. The van der Waals surface area contributed by atoms with Crippen molar-refractivity contribution in [2.45, 2.75) is 13.0 Å². The van der Waals surface area contributed by atoms with Crippen LogP contribution in [-0.2, 0) is 4.74 Å². The third-order valence-electron chi connectivity index (χ3n) is 3.75. The molecule has 0 saturated carbocycles. The van der Waals surface area contributed by atoms with Crippen LogP contribution in [0.3, 0.4) is 0 Å². The second-order valence-corrected chi connectivity index (χ2v) is 5.78. The highest BCUT2D eigenvalue weighted by Gasteiger charge is 2.34. The SMILES string of the molecule is CC1(CNC(c2ccccc2)c2ccccn2)COC1. The van der Waals surface area contributed by atoms with Gasteiger partial charge in [0.05, 0.1) is 24.9 Å². The lowest BCUT2D eigenvalue weighted by atomic mass is 9.88. The Morgan fingerprint density at radius 1 is 1.15 bits per heavy atom. The third kappa shape index (κ3) is 2.89. The third-order valence-corrected chi connectivity index (χ3v) is 3.75. The number of nitrogens with zero attached hydrogens (tertiary/aromatic N) is 1. The second-order valence-electron chi connectivity index (χ2n) is 5.78. The molecule has 3 nitrogen and oxygen atoms in total. The molecule has 1 aromatic heterocycles. The molecule has 1 aliphatic rings. The van der Waals surface area contributed by atoms with Crippen LogP contribution in [0.1, 0.15) is 24.2 Å². The number of rotatable bonds is 5. The van der Waals surface area contributed by atoms with Crippen molar-refractivity contribution in [3.05, 3.63) is 66.0 Å². The molecule has 3 heteroatoms. The van der Waals surface area contributed by atoms with Crippen molar-refractivity contribution in [3.63, 3.8) is 0 Å². The molecule has 0 radical (unpaired) electrons. The summed E-state index contributed by atoms with van der Waals surface area (Å²) < 4.78 is 5.33. The van der Waals surface area contributed by atoms with Gasteiger partial charge in [0.25, 0.3) is 0 Å². The van der Waals surface area contributed by atoms with Gasteiger partial charge in [-0.2, -0.15) is 0 Å². The Bertz CT molecular complexity index is 498. The van der Waals surface area contributed by atoms with E-state index in [0.717, 1.165) is 25.5 Å². The molecule has 0 aliphatic carbocycles. The molecule has 1 saturated heterocycles.